The molecule has 0 aromatic heterocycles. The van der Waals surface area contributed by atoms with Crippen molar-refractivity contribution >= 4 is 32.2 Å². The zero-order valence-corrected chi connectivity index (χ0v) is 11.7. The summed E-state index contributed by atoms with van der Waals surface area (Å²) in [5.41, 5.74) is 0. The van der Waals surface area contributed by atoms with Gasteiger partial charge in [-0.15, -0.1) is 0 Å². The molecule has 0 rings (SSSR count). The van der Waals surface area contributed by atoms with Crippen molar-refractivity contribution in [3.8, 4) is 0 Å². The summed E-state index contributed by atoms with van der Waals surface area (Å²) in [6, 6.07) is 0. The quantitative estimate of drug-likeness (QED) is 0.686. The predicted octanol–water partition coefficient (Wildman–Crippen LogP) is 0.988. The Labute approximate surface area is 104 Å². The van der Waals surface area contributed by atoms with Crippen LogP contribution in [0.3, 0.4) is 0 Å². The number of methoxy groups -OCH3 is 1. The summed E-state index contributed by atoms with van der Waals surface area (Å²) in [5.74, 6) is 0.244. The molecule has 0 aromatic carbocycles. The van der Waals surface area contributed by atoms with Gasteiger partial charge in [0.25, 0.3) is 0 Å². The number of halogens is 1. The van der Waals surface area contributed by atoms with E-state index in [9.17, 15) is 13.2 Å². The fourth-order valence-electron chi connectivity index (χ4n) is 1.02. The summed E-state index contributed by atoms with van der Waals surface area (Å²) < 4.78 is 30.8. The zero-order chi connectivity index (χ0) is 12.6. The van der Waals surface area contributed by atoms with Gasteiger partial charge in [0.15, 0.2) is 0 Å². The summed E-state index contributed by atoms with van der Waals surface area (Å²) >= 11 is 3.30. The third kappa shape index (κ3) is 7.02. The van der Waals surface area contributed by atoms with E-state index < -0.39 is 16.3 Å². The first-order valence-corrected chi connectivity index (χ1v) is 7.47. The molecule has 0 heterocycles. The molecule has 0 aliphatic rings. The summed E-state index contributed by atoms with van der Waals surface area (Å²) in [5, 5.41) is 0.817. The molecule has 2 N–H and O–H groups in total. The minimum atomic E-state index is -3.81. The first-order valence-electron chi connectivity index (χ1n) is 4.86. The Bertz CT molecular complexity index is 307. The Kier molecular flexibility index (Phi) is 7.69. The summed E-state index contributed by atoms with van der Waals surface area (Å²) in [6.07, 6.45) is 0.741. The van der Waals surface area contributed by atoms with E-state index >= 15 is 0 Å². The number of ether oxygens (including phenoxy) is 1. The van der Waals surface area contributed by atoms with E-state index in [0.717, 1.165) is 25.3 Å². The van der Waals surface area contributed by atoms with E-state index in [1.165, 1.54) is 0 Å². The average Bonchev–Trinajstić information content (AvgIpc) is 2.23. The lowest BCUT2D eigenvalue weighted by atomic mass is 10.0. The van der Waals surface area contributed by atoms with E-state index in [0.29, 0.717) is 6.54 Å². The van der Waals surface area contributed by atoms with Gasteiger partial charge in [-0.05, 0) is 12.3 Å². The zero-order valence-electron chi connectivity index (χ0n) is 9.32. The number of carbonyl (C=O) groups excluding carboxylic acids is 1. The maximum Gasteiger partial charge on any atom is 0.421 e. The van der Waals surface area contributed by atoms with Crippen molar-refractivity contribution < 1.29 is 17.9 Å². The molecule has 1 unspecified atom stereocenters. The predicted molar refractivity (Wildman–Crippen MR) is 64.7 cm³/mol. The molecule has 0 saturated heterocycles. The van der Waals surface area contributed by atoms with Crippen LogP contribution >= 0.6 is 15.9 Å². The van der Waals surface area contributed by atoms with Crippen molar-refractivity contribution in [2.45, 2.75) is 19.8 Å². The molecule has 1 atom stereocenters. The maximum atomic E-state index is 11.3. The van der Waals surface area contributed by atoms with Gasteiger partial charge in [0.05, 0.1) is 7.11 Å². The van der Waals surface area contributed by atoms with Crippen molar-refractivity contribution in [1.29, 1.82) is 0 Å². The van der Waals surface area contributed by atoms with Crippen LogP contribution in [0.5, 0.6) is 0 Å². The Balaban J connectivity index is 4.11. The highest BCUT2D eigenvalue weighted by molar-refractivity contribution is 9.09. The summed E-state index contributed by atoms with van der Waals surface area (Å²) in [7, 11) is -2.70. The lowest BCUT2D eigenvalue weighted by Gasteiger charge is -2.14. The van der Waals surface area contributed by atoms with E-state index in [1.54, 1.807) is 4.72 Å². The standard InChI is InChI=1S/C8H17BrN2O4S/c1-3-7(4-5-9)6-10-16(13,14)11-8(12)15-2/h7,10H,3-6H2,1-2H3,(H,11,12). The van der Waals surface area contributed by atoms with Crippen molar-refractivity contribution in [1.82, 2.24) is 9.44 Å². The second-order valence-corrected chi connectivity index (χ2v) is 5.49. The van der Waals surface area contributed by atoms with Gasteiger partial charge in [0.1, 0.15) is 0 Å². The highest BCUT2D eigenvalue weighted by Gasteiger charge is 2.15. The lowest BCUT2D eigenvalue weighted by molar-refractivity contribution is 0.177. The van der Waals surface area contributed by atoms with Gasteiger partial charge >= 0.3 is 16.3 Å². The summed E-state index contributed by atoms with van der Waals surface area (Å²) in [6.45, 7) is 2.28. The summed E-state index contributed by atoms with van der Waals surface area (Å²) in [4.78, 5) is 10.7. The molecule has 0 spiro atoms. The molecule has 8 heteroatoms. The van der Waals surface area contributed by atoms with Gasteiger partial charge in [-0.2, -0.15) is 13.1 Å². The van der Waals surface area contributed by atoms with Crippen molar-refractivity contribution in [3.63, 3.8) is 0 Å². The third-order valence-corrected chi connectivity index (χ3v) is 3.50. The normalized spacial score (nSPS) is 13.2. The molecular weight excluding hydrogens is 300 g/mol. The number of amides is 1. The van der Waals surface area contributed by atoms with Crippen LogP contribution in [0.1, 0.15) is 19.8 Å². The Morgan fingerprint density at radius 1 is 1.50 bits per heavy atom. The van der Waals surface area contributed by atoms with Crippen molar-refractivity contribution in [2.75, 3.05) is 19.0 Å². The van der Waals surface area contributed by atoms with Gasteiger partial charge in [0, 0.05) is 11.9 Å². The minimum absolute atomic E-state index is 0.244. The van der Waals surface area contributed by atoms with Crippen molar-refractivity contribution in [2.24, 2.45) is 5.92 Å². The molecular formula is C8H17BrN2O4S. The number of carbonyl (C=O) groups is 1. The first kappa shape index (κ1) is 15.7. The van der Waals surface area contributed by atoms with Crippen LogP contribution in [-0.2, 0) is 14.9 Å². The molecule has 0 bridgehead atoms. The molecule has 6 nitrogen and oxygen atoms in total. The average molecular weight is 317 g/mol. The molecule has 96 valence electrons. The van der Waals surface area contributed by atoms with E-state index in [-0.39, 0.29) is 5.92 Å². The van der Waals surface area contributed by atoms with Crippen LogP contribution in [0.2, 0.25) is 0 Å². The van der Waals surface area contributed by atoms with E-state index in [2.05, 4.69) is 25.4 Å². The number of hydrogen-bond acceptors (Lipinski definition) is 4. The third-order valence-electron chi connectivity index (χ3n) is 2.06. The second-order valence-electron chi connectivity index (χ2n) is 3.20. The molecule has 16 heavy (non-hydrogen) atoms. The number of alkyl halides is 1. The van der Waals surface area contributed by atoms with Gasteiger partial charge < -0.3 is 4.74 Å². The topological polar surface area (TPSA) is 84.5 Å². The highest BCUT2D eigenvalue weighted by atomic mass is 79.9. The largest absolute Gasteiger partial charge is 0.452 e. The Morgan fingerprint density at radius 3 is 2.56 bits per heavy atom. The second kappa shape index (κ2) is 7.86. The monoisotopic (exact) mass is 316 g/mol. The molecule has 0 aromatic rings. The fraction of sp³-hybridized carbons (Fsp3) is 0.875. The van der Waals surface area contributed by atoms with Crippen LogP contribution in [0.4, 0.5) is 4.79 Å². The van der Waals surface area contributed by atoms with Gasteiger partial charge in [-0.1, -0.05) is 29.3 Å². The van der Waals surface area contributed by atoms with Crippen LogP contribution < -0.4 is 9.44 Å². The lowest BCUT2D eigenvalue weighted by Crippen LogP contribution is -2.42. The molecule has 0 saturated carbocycles. The van der Waals surface area contributed by atoms with E-state index in [4.69, 9.17) is 0 Å². The highest BCUT2D eigenvalue weighted by Crippen LogP contribution is 2.08. The van der Waals surface area contributed by atoms with E-state index in [1.807, 2.05) is 6.92 Å². The molecule has 0 radical (unpaired) electrons. The molecule has 1 amide bonds. The van der Waals surface area contributed by atoms with Crippen LogP contribution in [0.25, 0.3) is 0 Å². The number of rotatable bonds is 7. The first-order chi connectivity index (χ1) is 7.45. The molecule has 0 aliphatic heterocycles. The van der Waals surface area contributed by atoms with Crippen molar-refractivity contribution in [3.05, 3.63) is 0 Å². The smallest absolute Gasteiger partial charge is 0.421 e. The Hall–Kier alpha value is -0.340. The number of nitrogens with one attached hydrogen (secondary N) is 2. The molecule has 0 fully saturated rings. The molecule has 0 aliphatic carbocycles. The van der Waals surface area contributed by atoms with Crippen LogP contribution in [0, 0.1) is 5.92 Å². The van der Waals surface area contributed by atoms with Gasteiger partial charge in [-0.25, -0.2) is 9.52 Å². The van der Waals surface area contributed by atoms with Gasteiger partial charge in [0.2, 0.25) is 0 Å². The van der Waals surface area contributed by atoms with Gasteiger partial charge in [-0.3, -0.25) is 0 Å². The maximum absolute atomic E-state index is 11.3. The SMILES string of the molecule is CCC(CCBr)CNS(=O)(=O)NC(=O)OC. The van der Waals surface area contributed by atoms with Crippen LogP contribution in [-0.4, -0.2) is 33.5 Å². The fourth-order valence-corrected chi connectivity index (χ4v) is 2.50. The van der Waals surface area contributed by atoms with Crippen LogP contribution in [0.15, 0.2) is 0 Å². The Morgan fingerprint density at radius 2 is 2.12 bits per heavy atom. The minimum Gasteiger partial charge on any atom is -0.452 e. The number of hydrogen-bond donors (Lipinski definition) is 2.